The molecule has 0 bridgehead atoms. The fourth-order valence-corrected chi connectivity index (χ4v) is 3.45. The minimum Gasteiger partial charge on any atom is -0.492 e. The predicted molar refractivity (Wildman–Crippen MR) is 123 cm³/mol. The lowest BCUT2D eigenvalue weighted by molar-refractivity contribution is 0.0322. The molecule has 166 valence electrons. The second-order valence-corrected chi connectivity index (χ2v) is 7.57. The minimum absolute atomic E-state index is 0.130. The van der Waals surface area contributed by atoms with Gasteiger partial charge in [0, 0.05) is 31.7 Å². The molecule has 6 nitrogen and oxygen atoms in total. The molecule has 1 fully saturated rings. The third-order valence-corrected chi connectivity index (χ3v) is 5.23. The summed E-state index contributed by atoms with van der Waals surface area (Å²) >= 11 is 0. The van der Waals surface area contributed by atoms with Crippen molar-refractivity contribution in [2.75, 3.05) is 39.5 Å². The van der Waals surface area contributed by atoms with E-state index in [1.165, 1.54) is 0 Å². The standard InChI is InChI=1S/C26H28N2O4/c29-26(22-9-11-24(12-10-22)32-23-6-2-1-3-7-23)27-20-21-5-4-8-25(19-21)31-18-15-28-13-16-30-17-14-28/h1-12,19H,13-18,20H2,(H,27,29). The Morgan fingerprint density at radius 3 is 2.38 bits per heavy atom. The summed E-state index contributed by atoms with van der Waals surface area (Å²) in [4.78, 5) is 14.9. The average Bonchev–Trinajstić information content (AvgIpc) is 2.85. The summed E-state index contributed by atoms with van der Waals surface area (Å²) in [5.41, 5.74) is 1.58. The number of hydrogen-bond acceptors (Lipinski definition) is 5. The van der Waals surface area contributed by atoms with Gasteiger partial charge in [-0.05, 0) is 54.1 Å². The SMILES string of the molecule is O=C(NCc1cccc(OCCN2CCOCC2)c1)c1ccc(Oc2ccccc2)cc1. The van der Waals surface area contributed by atoms with Gasteiger partial charge in [0.25, 0.3) is 5.91 Å². The summed E-state index contributed by atoms with van der Waals surface area (Å²) < 4.78 is 17.0. The van der Waals surface area contributed by atoms with Gasteiger partial charge in [0.1, 0.15) is 23.9 Å². The first-order valence-corrected chi connectivity index (χ1v) is 10.9. The molecule has 3 aromatic carbocycles. The van der Waals surface area contributed by atoms with E-state index in [-0.39, 0.29) is 5.91 Å². The Hall–Kier alpha value is -3.35. The number of nitrogens with one attached hydrogen (secondary N) is 1. The molecule has 1 aliphatic heterocycles. The maximum absolute atomic E-state index is 12.5. The third-order valence-electron chi connectivity index (χ3n) is 5.23. The highest BCUT2D eigenvalue weighted by Crippen LogP contribution is 2.21. The number of hydrogen-bond donors (Lipinski definition) is 1. The van der Waals surface area contributed by atoms with E-state index < -0.39 is 0 Å². The summed E-state index contributed by atoms with van der Waals surface area (Å²) in [7, 11) is 0. The number of para-hydroxylation sites is 1. The first-order chi connectivity index (χ1) is 15.8. The molecule has 0 spiro atoms. The number of carbonyl (C=O) groups excluding carboxylic acids is 1. The molecular formula is C26H28N2O4. The Morgan fingerprint density at radius 2 is 1.59 bits per heavy atom. The molecule has 0 saturated carbocycles. The molecule has 4 rings (SSSR count). The summed E-state index contributed by atoms with van der Waals surface area (Å²) in [6.07, 6.45) is 0. The molecule has 1 N–H and O–H groups in total. The maximum atomic E-state index is 12.5. The number of ether oxygens (including phenoxy) is 3. The largest absolute Gasteiger partial charge is 0.492 e. The van der Waals surface area contributed by atoms with Crippen LogP contribution in [0.3, 0.4) is 0 Å². The molecule has 0 aromatic heterocycles. The van der Waals surface area contributed by atoms with Crippen LogP contribution in [0.4, 0.5) is 0 Å². The average molecular weight is 433 g/mol. The molecule has 0 radical (unpaired) electrons. The summed E-state index contributed by atoms with van der Waals surface area (Å²) in [6.45, 7) is 5.43. The van der Waals surface area contributed by atoms with Crippen LogP contribution in [-0.2, 0) is 11.3 Å². The normalized spacial score (nSPS) is 14.0. The fraction of sp³-hybridized carbons (Fsp3) is 0.269. The summed E-state index contributed by atoms with van der Waals surface area (Å²) in [5, 5.41) is 2.96. The lowest BCUT2D eigenvalue weighted by Gasteiger charge is -2.26. The van der Waals surface area contributed by atoms with Crippen LogP contribution in [0.25, 0.3) is 0 Å². The second-order valence-electron chi connectivity index (χ2n) is 7.57. The van der Waals surface area contributed by atoms with Crippen LogP contribution in [0.5, 0.6) is 17.2 Å². The Morgan fingerprint density at radius 1 is 0.875 bits per heavy atom. The zero-order valence-electron chi connectivity index (χ0n) is 18.0. The lowest BCUT2D eigenvalue weighted by Crippen LogP contribution is -2.38. The first-order valence-electron chi connectivity index (χ1n) is 10.9. The maximum Gasteiger partial charge on any atom is 0.251 e. The van der Waals surface area contributed by atoms with E-state index in [0.717, 1.165) is 49.9 Å². The second kappa shape index (κ2) is 11.3. The smallest absolute Gasteiger partial charge is 0.251 e. The van der Waals surface area contributed by atoms with E-state index in [9.17, 15) is 4.79 Å². The number of morpholine rings is 1. The van der Waals surface area contributed by atoms with Gasteiger partial charge in [0.15, 0.2) is 0 Å². The van der Waals surface area contributed by atoms with Crippen molar-refractivity contribution < 1.29 is 19.0 Å². The number of rotatable bonds is 9. The molecule has 0 atom stereocenters. The highest BCUT2D eigenvalue weighted by molar-refractivity contribution is 5.94. The highest BCUT2D eigenvalue weighted by Gasteiger charge is 2.10. The van der Waals surface area contributed by atoms with Crippen molar-refractivity contribution in [1.82, 2.24) is 10.2 Å². The summed E-state index contributed by atoms with van der Waals surface area (Å²) in [6, 6.07) is 24.5. The van der Waals surface area contributed by atoms with E-state index >= 15 is 0 Å². The molecule has 0 aliphatic carbocycles. The van der Waals surface area contributed by atoms with Gasteiger partial charge in [0.2, 0.25) is 0 Å². The molecular weight excluding hydrogens is 404 g/mol. The van der Waals surface area contributed by atoms with E-state index in [2.05, 4.69) is 10.2 Å². The Kier molecular flexibility index (Phi) is 7.74. The van der Waals surface area contributed by atoms with Crippen molar-refractivity contribution in [2.24, 2.45) is 0 Å². The number of nitrogens with zero attached hydrogens (tertiary/aromatic N) is 1. The number of carbonyl (C=O) groups is 1. The fourth-order valence-electron chi connectivity index (χ4n) is 3.45. The monoisotopic (exact) mass is 432 g/mol. The van der Waals surface area contributed by atoms with Crippen LogP contribution >= 0.6 is 0 Å². The van der Waals surface area contributed by atoms with Crippen molar-refractivity contribution in [1.29, 1.82) is 0 Å². The molecule has 1 amide bonds. The van der Waals surface area contributed by atoms with Gasteiger partial charge in [-0.3, -0.25) is 9.69 Å². The Bertz CT molecular complexity index is 986. The number of amides is 1. The topological polar surface area (TPSA) is 60.0 Å². The van der Waals surface area contributed by atoms with Gasteiger partial charge < -0.3 is 19.5 Å². The van der Waals surface area contributed by atoms with Crippen LogP contribution in [0.2, 0.25) is 0 Å². The quantitative estimate of drug-likeness (QED) is 0.551. The molecule has 1 heterocycles. The highest BCUT2D eigenvalue weighted by atomic mass is 16.5. The lowest BCUT2D eigenvalue weighted by atomic mass is 10.2. The van der Waals surface area contributed by atoms with E-state index in [1.807, 2.05) is 54.6 Å². The van der Waals surface area contributed by atoms with E-state index in [1.54, 1.807) is 24.3 Å². The van der Waals surface area contributed by atoms with E-state index in [0.29, 0.717) is 24.5 Å². The minimum atomic E-state index is -0.130. The van der Waals surface area contributed by atoms with Gasteiger partial charge in [-0.2, -0.15) is 0 Å². The van der Waals surface area contributed by atoms with Crippen molar-refractivity contribution in [2.45, 2.75) is 6.54 Å². The molecule has 3 aromatic rings. The Labute approximate surface area is 188 Å². The van der Waals surface area contributed by atoms with Crippen LogP contribution in [0.1, 0.15) is 15.9 Å². The van der Waals surface area contributed by atoms with Crippen LogP contribution in [0.15, 0.2) is 78.9 Å². The Balaban J connectivity index is 1.24. The zero-order valence-corrected chi connectivity index (χ0v) is 18.0. The first kappa shape index (κ1) is 21.9. The molecule has 6 heteroatoms. The van der Waals surface area contributed by atoms with Crippen LogP contribution < -0.4 is 14.8 Å². The van der Waals surface area contributed by atoms with Gasteiger partial charge >= 0.3 is 0 Å². The van der Waals surface area contributed by atoms with Crippen molar-refractivity contribution >= 4 is 5.91 Å². The third kappa shape index (κ3) is 6.57. The molecule has 0 unspecified atom stereocenters. The van der Waals surface area contributed by atoms with Crippen molar-refractivity contribution in [3.63, 3.8) is 0 Å². The van der Waals surface area contributed by atoms with Gasteiger partial charge in [-0.15, -0.1) is 0 Å². The van der Waals surface area contributed by atoms with Crippen molar-refractivity contribution in [3.05, 3.63) is 90.0 Å². The van der Waals surface area contributed by atoms with E-state index in [4.69, 9.17) is 14.2 Å². The predicted octanol–water partition coefficient (Wildman–Crippen LogP) is 4.12. The zero-order chi connectivity index (χ0) is 22.0. The van der Waals surface area contributed by atoms with Gasteiger partial charge in [0.05, 0.1) is 13.2 Å². The van der Waals surface area contributed by atoms with Gasteiger partial charge in [-0.1, -0.05) is 30.3 Å². The summed E-state index contributed by atoms with van der Waals surface area (Å²) in [5.74, 6) is 2.13. The molecule has 1 aliphatic rings. The molecule has 1 saturated heterocycles. The number of benzene rings is 3. The van der Waals surface area contributed by atoms with Crippen LogP contribution in [-0.4, -0.2) is 50.3 Å². The molecule has 32 heavy (non-hydrogen) atoms. The van der Waals surface area contributed by atoms with Gasteiger partial charge in [-0.25, -0.2) is 0 Å². The van der Waals surface area contributed by atoms with Crippen molar-refractivity contribution in [3.8, 4) is 17.2 Å². The van der Waals surface area contributed by atoms with Crippen LogP contribution in [0, 0.1) is 0 Å².